The second kappa shape index (κ2) is 4.61. The van der Waals surface area contributed by atoms with Gasteiger partial charge in [0.05, 0.1) is 5.52 Å². The second-order valence-corrected chi connectivity index (χ2v) is 4.28. The zero-order chi connectivity index (χ0) is 11.5. The molecule has 0 amide bonds. The minimum Gasteiger partial charge on any atom is -0.367 e. The molecule has 0 radical (unpaired) electrons. The number of aromatic nitrogens is 2. The maximum absolute atomic E-state index is 5.11. The molecule has 3 nitrogen and oxygen atoms in total. The summed E-state index contributed by atoms with van der Waals surface area (Å²) in [6.07, 6.45) is 1.06. The van der Waals surface area contributed by atoms with Crippen molar-refractivity contribution in [3.63, 3.8) is 0 Å². The van der Waals surface area contributed by atoms with E-state index in [1.54, 1.807) is 0 Å². The number of fused-ring (bicyclic) bond motifs is 1. The number of aromatic amines is 1. The monoisotopic (exact) mass is 233 g/mol. The molecule has 0 spiro atoms. The molecule has 1 aromatic carbocycles. The Kier molecular flexibility index (Phi) is 3.19. The van der Waals surface area contributed by atoms with Crippen molar-refractivity contribution in [1.82, 2.24) is 9.97 Å². The van der Waals surface area contributed by atoms with Crippen molar-refractivity contribution < 1.29 is 0 Å². The highest BCUT2D eigenvalue weighted by atomic mass is 32.1. The van der Waals surface area contributed by atoms with Crippen LogP contribution >= 0.6 is 12.2 Å². The SMILES string of the molecule is CC[C@H](C)Nc1nc(=S)[nH]c2ccccc12. The number of rotatable bonds is 3. The molecule has 0 saturated carbocycles. The van der Waals surface area contributed by atoms with Crippen LogP contribution in [0.2, 0.25) is 0 Å². The first-order valence-electron chi connectivity index (χ1n) is 5.46. The van der Waals surface area contributed by atoms with Crippen molar-refractivity contribution in [2.75, 3.05) is 5.32 Å². The molecule has 0 fully saturated rings. The lowest BCUT2D eigenvalue weighted by atomic mass is 10.2. The van der Waals surface area contributed by atoms with Gasteiger partial charge in [-0.15, -0.1) is 0 Å². The van der Waals surface area contributed by atoms with E-state index in [1.165, 1.54) is 0 Å². The van der Waals surface area contributed by atoms with Crippen LogP contribution in [0.4, 0.5) is 5.82 Å². The van der Waals surface area contributed by atoms with E-state index in [4.69, 9.17) is 12.2 Å². The minimum atomic E-state index is 0.396. The first-order valence-corrected chi connectivity index (χ1v) is 5.87. The van der Waals surface area contributed by atoms with Crippen LogP contribution in [0.25, 0.3) is 10.9 Å². The number of H-pyrrole nitrogens is 1. The van der Waals surface area contributed by atoms with Gasteiger partial charge in [0.15, 0.2) is 4.77 Å². The van der Waals surface area contributed by atoms with E-state index in [2.05, 4.69) is 29.1 Å². The van der Waals surface area contributed by atoms with Gasteiger partial charge in [-0.1, -0.05) is 19.1 Å². The second-order valence-electron chi connectivity index (χ2n) is 3.89. The van der Waals surface area contributed by atoms with Crippen LogP contribution in [0, 0.1) is 4.77 Å². The summed E-state index contributed by atoms with van der Waals surface area (Å²) in [4.78, 5) is 7.42. The third-order valence-corrected chi connectivity index (χ3v) is 2.83. The Hall–Kier alpha value is -1.42. The Morgan fingerprint density at radius 3 is 2.94 bits per heavy atom. The van der Waals surface area contributed by atoms with Crippen LogP contribution in [0.15, 0.2) is 24.3 Å². The van der Waals surface area contributed by atoms with E-state index in [0.717, 1.165) is 23.1 Å². The number of nitrogens with zero attached hydrogens (tertiary/aromatic N) is 1. The molecule has 0 bridgehead atoms. The van der Waals surface area contributed by atoms with Crippen molar-refractivity contribution in [3.05, 3.63) is 29.0 Å². The molecule has 0 aliphatic carbocycles. The Balaban J connectivity index is 2.54. The van der Waals surface area contributed by atoms with Crippen molar-refractivity contribution in [3.8, 4) is 0 Å². The predicted octanol–water partition coefficient (Wildman–Crippen LogP) is 3.50. The van der Waals surface area contributed by atoms with Crippen molar-refractivity contribution in [2.45, 2.75) is 26.3 Å². The molecule has 0 aliphatic rings. The summed E-state index contributed by atoms with van der Waals surface area (Å²) >= 11 is 5.11. The largest absolute Gasteiger partial charge is 0.367 e. The van der Waals surface area contributed by atoms with E-state index in [9.17, 15) is 0 Å². The standard InChI is InChI=1S/C12H15N3S/c1-3-8(2)13-11-9-6-4-5-7-10(9)14-12(16)15-11/h4-8H,3H2,1-2H3,(H2,13,14,15,16)/t8-/m0/s1. The van der Waals surface area contributed by atoms with Gasteiger partial charge in [-0.2, -0.15) is 0 Å². The zero-order valence-corrected chi connectivity index (χ0v) is 10.3. The predicted molar refractivity (Wildman–Crippen MR) is 70.3 cm³/mol. The van der Waals surface area contributed by atoms with Gasteiger partial charge in [0.25, 0.3) is 0 Å². The molecule has 0 aliphatic heterocycles. The lowest BCUT2D eigenvalue weighted by Gasteiger charge is -2.13. The van der Waals surface area contributed by atoms with Gasteiger partial charge >= 0.3 is 0 Å². The Morgan fingerprint density at radius 2 is 2.19 bits per heavy atom. The van der Waals surface area contributed by atoms with Crippen LogP contribution < -0.4 is 5.32 Å². The summed E-state index contributed by atoms with van der Waals surface area (Å²) in [5.74, 6) is 0.869. The molecular weight excluding hydrogens is 218 g/mol. The summed E-state index contributed by atoms with van der Waals surface area (Å²) in [6, 6.07) is 8.43. The molecule has 1 atom stereocenters. The first kappa shape index (κ1) is 11.1. The average molecular weight is 233 g/mol. The fraction of sp³-hybridized carbons (Fsp3) is 0.333. The molecule has 1 aromatic heterocycles. The zero-order valence-electron chi connectivity index (χ0n) is 9.45. The molecule has 2 N–H and O–H groups in total. The van der Waals surface area contributed by atoms with Crippen molar-refractivity contribution in [2.24, 2.45) is 0 Å². The maximum Gasteiger partial charge on any atom is 0.199 e. The number of benzene rings is 1. The van der Waals surface area contributed by atoms with Gasteiger partial charge in [-0.05, 0) is 37.7 Å². The quantitative estimate of drug-likeness (QED) is 0.797. The Labute approximate surface area is 99.9 Å². The first-order chi connectivity index (χ1) is 7.70. The lowest BCUT2D eigenvalue weighted by Crippen LogP contribution is -2.15. The number of nitrogens with one attached hydrogen (secondary N) is 2. The number of hydrogen-bond donors (Lipinski definition) is 2. The van der Waals surface area contributed by atoms with Crippen LogP contribution in [-0.2, 0) is 0 Å². The van der Waals surface area contributed by atoms with Gasteiger partial charge in [0.2, 0.25) is 0 Å². The van der Waals surface area contributed by atoms with Gasteiger partial charge in [-0.3, -0.25) is 0 Å². The van der Waals surface area contributed by atoms with E-state index in [-0.39, 0.29) is 0 Å². The summed E-state index contributed by atoms with van der Waals surface area (Å²) in [5, 5.41) is 4.46. The molecule has 0 unspecified atom stereocenters. The van der Waals surface area contributed by atoms with Crippen LogP contribution in [0.5, 0.6) is 0 Å². The van der Waals surface area contributed by atoms with Gasteiger partial charge in [-0.25, -0.2) is 4.98 Å². The third kappa shape index (κ3) is 2.22. The summed E-state index contributed by atoms with van der Waals surface area (Å²) < 4.78 is 0.518. The molecular formula is C12H15N3S. The highest BCUT2D eigenvalue weighted by Crippen LogP contribution is 2.19. The van der Waals surface area contributed by atoms with E-state index in [1.807, 2.05) is 24.3 Å². The van der Waals surface area contributed by atoms with Gasteiger partial charge in [0, 0.05) is 11.4 Å². The maximum atomic E-state index is 5.11. The van der Waals surface area contributed by atoms with Crippen LogP contribution in [-0.4, -0.2) is 16.0 Å². The molecule has 2 rings (SSSR count). The smallest absolute Gasteiger partial charge is 0.199 e. The van der Waals surface area contributed by atoms with E-state index in [0.29, 0.717) is 10.8 Å². The van der Waals surface area contributed by atoms with Gasteiger partial charge in [0.1, 0.15) is 5.82 Å². The average Bonchev–Trinajstić information content (AvgIpc) is 2.28. The molecule has 0 saturated heterocycles. The van der Waals surface area contributed by atoms with E-state index < -0.39 is 0 Å². The minimum absolute atomic E-state index is 0.396. The highest BCUT2D eigenvalue weighted by Gasteiger charge is 2.05. The Bertz CT molecular complexity index is 547. The normalized spacial score (nSPS) is 12.6. The van der Waals surface area contributed by atoms with Crippen molar-refractivity contribution in [1.29, 1.82) is 0 Å². The number of hydrogen-bond acceptors (Lipinski definition) is 3. The third-order valence-electron chi connectivity index (χ3n) is 2.63. The molecule has 84 valence electrons. The molecule has 1 heterocycles. The van der Waals surface area contributed by atoms with Crippen LogP contribution in [0.3, 0.4) is 0 Å². The fourth-order valence-electron chi connectivity index (χ4n) is 1.55. The number of para-hydroxylation sites is 1. The summed E-state index contributed by atoms with van der Waals surface area (Å²) in [7, 11) is 0. The number of anilines is 1. The topological polar surface area (TPSA) is 40.7 Å². The fourth-order valence-corrected chi connectivity index (χ4v) is 1.75. The van der Waals surface area contributed by atoms with Crippen LogP contribution in [0.1, 0.15) is 20.3 Å². The van der Waals surface area contributed by atoms with E-state index >= 15 is 0 Å². The molecule has 2 aromatic rings. The summed E-state index contributed by atoms with van der Waals surface area (Å²) in [6.45, 7) is 4.28. The van der Waals surface area contributed by atoms with Crippen molar-refractivity contribution >= 4 is 28.9 Å². The molecule has 4 heteroatoms. The lowest BCUT2D eigenvalue weighted by molar-refractivity contribution is 0.760. The van der Waals surface area contributed by atoms with Gasteiger partial charge < -0.3 is 10.3 Å². The Morgan fingerprint density at radius 1 is 1.44 bits per heavy atom. The molecule has 16 heavy (non-hydrogen) atoms. The summed E-state index contributed by atoms with van der Waals surface area (Å²) in [5.41, 5.74) is 1.02. The highest BCUT2D eigenvalue weighted by molar-refractivity contribution is 7.71.